The third kappa shape index (κ3) is 10.4. The van der Waals surface area contributed by atoms with Gasteiger partial charge in [-0.05, 0) is 65.7 Å². The fourth-order valence-electron chi connectivity index (χ4n) is 4.86. The highest BCUT2D eigenvalue weighted by atomic mass is 19.1. The van der Waals surface area contributed by atoms with Gasteiger partial charge < -0.3 is 25.6 Å². The van der Waals surface area contributed by atoms with Gasteiger partial charge in [0, 0.05) is 37.8 Å². The largest absolute Gasteiger partial charge is 0.475 e. The number of nitriles is 1. The van der Waals surface area contributed by atoms with Crippen LogP contribution in [0.4, 0.5) is 9.18 Å². The molecule has 3 amide bonds. The third-order valence-electron chi connectivity index (χ3n) is 7.69. The smallest absolute Gasteiger partial charge is 0.426 e. The van der Waals surface area contributed by atoms with E-state index in [4.69, 9.17) is 5.26 Å². The SMILES string of the molecule is CCC(C)(C)N1CCC(C)(F)C1.N#CCC(=O)N1CCCC(NC(=O)NC(CC2=CCCC=C2)B(O)O)C1. The van der Waals surface area contributed by atoms with E-state index in [0.717, 1.165) is 44.2 Å². The molecule has 9 nitrogen and oxygen atoms in total. The van der Waals surface area contributed by atoms with Gasteiger partial charge in [-0.3, -0.25) is 9.69 Å². The van der Waals surface area contributed by atoms with E-state index < -0.39 is 24.8 Å². The molecule has 2 fully saturated rings. The van der Waals surface area contributed by atoms with E-state index in [1.54, 1.807) is 11.8 Å². The summed E-state index contributed by atoms with van der Waals surface area (Å²) in [4.78, 5) is 27.9. The van der Waals surface area contributed by atoms with Gasteiger partial charge in [-0.2, -0.15) is 5.26 Å². The predicted octanol–water partition coefficient (Wildman–Crippen LogP) is 2.85. The summed E-state index contributed by atoms with van der Waals surface area (Å²) in [6.45, 7) is 10.7. The lowest BCUT2D eigenvalue weighted by Gasteiger charge is -2.34. The number of urea groups is 1. The van der Waals surface area contributed by atoms with E-state index in [0.29, 0.717) is 32.5 Å². The summed E-state index contributed by atoms with van der Waals surface area (Å²) < 4.78 is 13.5. The zero-order valence-corrected chi connectivity index (χ0v) is 23.4. The maximum Gasteiger partial charge on any atom is 0.475 e. The first-order chi connectivity index (χ1) is 17.9. The molecule has 3 rings (SSSR count). The number of amides is 3. The topological polar surface area (TPSA) is 129 Å². The molecule has 0 spiro atoms. The molecule has 3 aliphatic rings. The van der Waals surface area contributed by atoms with E-state index in [2.05, 4.69) is 36.3 Å². The van der Waals surface area contributed by atoms with E-state index in [9.17, 15) is 24.0 Å². The fraction of sp³-hybridized carbons (Fsp3) is 0.741. The first kappa shape index (κ1) is 31.8. The number of hydrogen-bond acceptors (Lipinski definition) is 6. The molecule has 1 aliphatic carbocycles. The van der Waals surface area contributed by atoms with Crippen LogP contribution in [0, 0.1) is 11.3 Å². The summed E-state index contributed by atoms with van der Waals surface area (Å²) in [5.41, 5.74) is 0.177. The average molecular weight is 533 g/mol. The van der Waals surface area contributed by atoms with E-state index in [1.165, 1.54) is 0 Å². The van der Waals surface area contributed by atoms with Gasteiger partial charge in [0.2, 0.25) is 5.91 Å². The predicted molar refractivity (Wildman–Crippen MR) is 147 cm³/mol. The van der Waals surface area contributed by atoms with E-state index >= 15 is 0 Å². The molecule has 3 atom stereocenters. The number of carbonyl (C=O) groups excluding carboxylic acids is 2. The van der Waals surface area contributed by atoms with Crippen molar-refractivity contribution in [2.75, 3.05) is 26.2 Å². The van der Waals surface area contributed by atoms with Crippen molar-refractivity contribution in [3.63, 3.8) is 0 Å². The van der Waals surface area contributed by atoms with Crippen molar-refractivity contribution < 1.29 is 24.0 Å². The second-order valence-corrected chi connectivity index (χ2v) is 11.4. The Bertz CT molecular complexity index is 902. The summed E-state index contributed by atoms with van der Waals surface area (Å²) >= 11 is 0. The molecular formula is C27H45BFN5O4. The van der Waals surface area contributed by atoms with E-state index in [-0.39, 0.29) is 23.9 Å². The number of carbonyl (C=O) groups is 2. The Balaban J connectivity index is 0.000000352. The molecule has 212 valence electrons. The maximum atomic E-state index is 13.5. The minimum absolute atomic E-state index is 0.166. The highest BCUT2D eigenvalue weighted by Crippen LogP contribution is 2.31. The van der Waals surface area contributed by atoms with Crippen LogP contribution in [0.1, 0.15) is 79.1 Å². The summed E-state index contributed by atoms with van der Waals surface area (Å²) in [5, 5.41) is 33.1. The summed E-state index contributed by atoms with van der Waals surface area (Å²) in [6.07, 6.45) is 11.3. The maximum absolute atomic E-state index is 13.5. The Morgan fingerprint density at radius 2 is 2.08 bits per heavy atom. The van der Waals surface area contributed by atoms with Gasteiger partial charge in [-0.25, -0.2) is 9.18 Å². The van der Waals surface area contributed by atoms with Crippen LogP contribution in [-0.4, -0.2) is 88.3 Å². The molecular weight excluding hydrogens is 488 g/mol. The van der Waals surface area contributed by atoms with Gasteiger partial charge in [-0.15, -0.1) is 0 Å². The van der Waals surface area contributed by atoms with Crippen molar-refractivity contribution in [2.24, 2.45) is 0 Å². The van der Waals surface area contributed by atoms with Gasteiger partial charge in [0.15, 0.2) is 0 Å². The quantitative estimate of drug-likeness (QED) is 0.355. The number of allylic oxidation sites excluding steroid dienone is 3. The van der Waals surface area contributed by atoms with Gasteiger partial charge in [0.05, 0.1) is 12.0 Å². The van der Waals surface area contributed by atoms with Crippen molar-refractivity contribution in [1.82, 2.24) is 20.4 Å². The fourth-order valence-corrected chi connectivity index (χ4v) is 4.86. The van der Waals surface area contributed by atoms with Crippen molar-refractivity contribution in [3.8, 4) is 6.07 Å². The van der Waals surface area contributed by atoms with Gasteiger partial charge in [0.1, 0.15) is 12.1 Å². The molecule has 38 heavy (non-hydrogen) atoms. The number of halogens is 1. The van der Waals surface area contributed by atoms with Crippen molar-refractivity contribution >= 4 is 19.1 Å². The minimum atomic E-state index is -1.67. The normalized spacial score (nSPS) is 24.4. The monoisotopic (exact) mass is 533 g/mol. The van der Waals surface area contributed by atoms with Crippen LogP contribution in [0.5, 0.6) is 0 Å². The Morgan fingerprint density at radius 1 is 1.34 bits per heavy atom. The lowest BCUT2D eigenvalue weighted by atomic mass is 9.75. The molecule has 0 aromatic heterocycles. The molecule has 2 heterocycles. The Labute approximate surface area is 227 Å². The third-order valence-corrected chi connectivity index (χ3v) is 7.69. The van der Waals surface area contributed by atoms with Crippen molar-refractivity contribution in [2.45, 2.75) is 102 Å². The first-order valence-corrected chi connectivity index (χ1v) is 13.7. The number of piperidine rings is 1. The lowest BCUT2D eigenvalue weighted by Crippen LogP contribution is -2.55. The number of rotatable bonds is 8. The van der Waals surface area contributed by atoms with Crippen LogP contribution < -0.4 is 10.6 Å². The Kier molecular flexibility index (Phi) is 12.3. The van der Waals surface area contributed by atoms with Crippen LogP contribution in [0.15, 0.2) is 23.8 Å². The standard InChI is InChI=1S/C17H25BN4O4.C10H20FN/c19-9-8-16(23)22-10-4-7-14(12-22)20-17(24)21-15(18(25)26)11-13-5-2-1-3-6-13;1-5-9(2,3)12-7-6-10(4,11)8-12/h2,5-6,14-15,25-26H,1,3-4,7-8,10-12H2,(H2,20,21,24);5-8H2,1-4H3. The molecule has 11 heteroatoms. The summed E-state index contributed by atoms with van der Waals surface area (Å²) in [7, 11) is -1.67. The van der Waals surface area contributed by atoms with Crippen LogP contribution in [0.2, 0.25) is 0 Å². The average Bonchev–Trinajstić information content (AvgIpc) is 3.25. The van der Waals surface area contributed by atoms with Crippen LogP contribution >= 0.6 is 0 Å². The molecule has 0 aromatic carbocycles. The van der Waals surface area contributed by atoms with Gasteiger partial charge >= 0.3 is 13.1 Å². The number of hydrogen-bond donors (Lipinski definition) is 4. The lowest BCUT2D eigenvalue weighted by molar-refractivity contribution is -0.131. The second kappa shape index (κ2) is 14.7. The van der Waals surface area contributed by atoms with Crippen molar-refractivity contribution in [1.29, 1.82) is 5.26 Å². The Hall–Kier alpha value is -2.42. The molecule has 0 saturated carbocycles. The number of alkyl halides is 1. The molecule has 2 saturated heterocycles. The van der Waals surface area contributed by atoms with Crippen LogP contribution in [0.25, 0.3) is 0 Å². The van der Waals surface area contributed by atoms with E-state index in [1.807, 2.05) is 24.3 Å². The number of nitrogens with one attached hydrogen (secondary N) is 2. The number of likely N-dealkylation sites (tertiary alicyclic amines) is 2. The summed E-state index contributed by atoms with van der Waals surface area (Å²) in [6, 6.07) is 1.12. The highest BCUT2D eigenvalue weighted by molar-refractivity contribution is 6.43. The number of nitrogens with zero attached hydrogens (tertiary/aromatic N) is 3. The second-order valence-electron chi connectivity index (χ2n) is 11.4. The zero-order valence-electron chi connectivity index (χ0n) is 23.4. The summed E-state index contributed by atoms with van der Waals surface area (Å²) in [5.74, 6) is -1.05. The first-order valence-electron chi connectivity index (χ1n) is 13.7. The molecule has 3 unspecified atom stereocenters. The molecule has 2 aliphatic heterocycles. The van der Waals surface area contributed by atoms with Gasteiger partial charge in [-0.1, -0.05) is 30.7 Å². The molecule has 4 N–H and O–H groups in total. The van der Waals surface area contributed by atoms with Crippen LogP contribution in [0.3, 0.4) is 0 Å². The zero-order chi connectivity index (χ0) is 28.3. The Morgan fingerprint density at radius 3 is 2.63 bits per heavy atom. The van der Waals surface area contributed by atoms with Gasteiger partial charge in [0.25, 0.3) is 0 Å². The molecule has 0 aromatic rings. The highest BCUT2D eigenvalue weighted by Gasteiger charge is 2.39. The minimum Gasteiger partial charge on any atom is -0.426 e. The molecule has 0 bridgehead atoms. The van der Waals surface area contributed by atoms with Crippen LogP contribution in [-0.2, 0) is 4.79 Å². The van der Waals surface area contributed by atoms with Crippen molar-refractivity contribution in [3.05, 3.63) is 23.8 Å². The molecule has 0 radical (unpaired) electrons.